The second-order valence-corrected chi connectivity index (χ2v) is 9.13. The number of carbonyl (C=O) groups excluding carboxylic acids is 1. The zero-order chi connectivity index (χ0) is 23.6. The third-order valence-corrected chi connectivity index (χ3v) is 5.70. The number of pyridine rings is 1. The normalized spacial score (nSPS) is 11.2. The molecule has 3 aromatic rings. The highest BCUT2D eigenvalue weighted by Crippen LogP contribution is 2.37. The Balaban J connectivity index is 1.78. The molecular formula is C17H8Br3ClF3N5O2S. The number of ether oxygens (including phenoxy) is 1. The van der Waals surface area contributed by atoms with Crippen LogP contribution in [0.3, 0.4) is 0 Å². The molecule has 0 atom stereocenters. The van der Waals surface area contributed by atoms with Gasteiger partial charge in [0.25, 0.3) is 5.91 Å². The van der Waals surface area contributed by atoms with Crippen molar-refractivity contribution < 1.29 is 22.7 Å². The number of alkyl halides is 3. The average Bonchev–Trinajstić information content (AvgIpc) is 3.05. The van der Waals surface area contributed by atoms with Gasteiger partial charge in [-0.3, -0.25) is 10.1 Å². The molecule has 0 unspecified atom stereocenters. The number of rotatable bonds is 4. The SMILES string of the molecule is O=C(NC(=S)Nc1c(Br)cc(OC(F)(F)F)cc1Br)c1cc(Br)nn1-c1ncccc1Cl. The Hall–Kier alpha value is -1.74. The summed E-state index contributed by atoms with van der Waals surface area (Å²) >= 11 is 20.8. The van der Waals surface area contributed by atoms with E-state index in [-0.39, 0.29) is 36.3 Å². The van der Waals surface area contributed by atoms with E-state index < -0.39 is 18.0 Å². The Morgan fingerprint density at radius 2 is 1.84 bits per heavy atom. The lowest BCUT2D eigenvalue weighted by Gasteiger charge is -2.15. The number of benzene rings is 1. The van der Waals surface area contributed by atoms with Crippen LogP contribution in [-0.2, 0) is 0 Å². The van der Waals surface area contributed by atoms with Gasteiger partial charge in [0, 0.05) is 21.2 Å². The van der Waals surface area contributed by atoms with Crippen molar-refractivity contribution in [2.45, 2.75) is 6.36 Å². The molecule has 0 fully saturated rings. The summed E-state index contributed by atoms with van der Waals surface area (Å²) in [5.41, 5.74) is 0.348. The Labute approximate surface area is 214 Å². The Morgan fingerprint density at radius 1 is 1.19 bits per heavy atom. The molecule has 2 N–H and O–H groups in total. The molecule has 2 heterocycles. The van der Waals surface area contributed by atoms with Gasteiger partial charge >= 0.3 is 6.36 Å². The maximum atomic E-state index is 12.8. The minimum absolute atomic E-state index is 0.0775. The third kappa shape index (κ3) is 6.19. The molecular weight excluding hydrogens is 670 g/mol. The van der Waals surface area contributed by atoms with Gasteiger partial charge in [-0.05, 0) is 84.3 Å². The smallest absolute Gasteiger partial charge is 0.406 e. The first kappa shape index (κ1) is 24.9. The summed E-state index contributed by atoms with van der Waals surface area (Å²) < 4.78 is 43.2. The van der Waals surface area contributed by atoms with Crippen LogP contribution in [0, 0.1) is 0 Å². The lowest BCUT2D eigenvalue weighted by Crippen LogP contribution is -2.35. The van der Waals surface area contributed by atoms with Crippen molar-refractivity contribution in [3.8, 4) is 11.6 Å². The Morgan fingerprint density at radius 3 is 2.44 bits per heavy atom. The molecule has 0 radical (unpaired) electrons. The molecule has 1 amide bonds. The van der Waals surface area contributed by atoms with Crippen LogP contribution in [0.1, 0.15) is 10.5 Å². The van der Waals surface area contributed by atoms with E-state index in [0.29, 0.717) is 4.60 Å². The molecule has 168 valence electrons. The van der Waals surface area contributed by atoms with E-state index in [0.717, 1.165) is 12.1 Å². The van der Waals surface area contributed by atoms with E-state index in [2.05, 4.69) is 73.2 Å². The second kappa shape index (κ2) is 10.0. The van der Waals surface area contributed by atoms with Crippen LogP contribution in [0.5, 0.6) is 5.75 Å². The third-order valence-electron chi connectivity index (χ3n) is 3.57. The van der Waals surface area contributed by atoms with E-state index in [1.807, 2.05) is 0 Å². The number of nitrogens with zero attached hydrogens (tertiary/aromatic N) is 3. The predicted octanol–water partition coefficient (Wildman–Crippen LogP) is 6.23. The van der Waals surface area contributed by atoms with Crippen LogP contribution < -0.4 is 15.4 Å². The molecule has 2 aromatic heterocycles. The topological polar surface area (TPSA) is 81.1 Å². The minimum Gasteiger partial charge on any atom is -0.406 e. The summed E-state index contributed by atoms with van der Waals surface area (Å²) in [6, 6.07) is 6.86. The van der Waals surface area contributed by atoms with E-state index >= 15 is 0 Å². The quantitative estimate of drug-likeness (QED) is 0.319. The van der Waals surface area contributed by atoms with Crippen molar-refractivity contribution >= 4 is 88.3 Å². The molecule has 1 aromatic carbocycles. The number of hydrogen-bond acceptors (Lipinski definition) is 5. The Bertz CT molecular complexity index is 1190. The summed E-state index contributed by atoms with van der Waals surface area (Å²) in [5.74, 6) is -0.848. The number of amides is 1. The summed E-state index contributed by atoms with van der Waals surface area (Å²) in [7, 11) is 0. The van der Waals surface area contributed by atoms with Gasteiger partial charge in [-0.25, -0.2) is 9.67 Å². The lowest BCUT2D eigenvalue weighted by atomic mass is 10.3. The second-order valence-electron chi connectivity index (χ2n) is 5.79. The van der Waals surface area contributed by atoms with Crippen LogP contribution in [0.2, 0.25) is 5.02 Å². The molecule has 0 saturated heterocycles. The maximum absolute atomic E-state index is 12.8. The fourth-order valence-electron chi connectivity index (χ4n) is 2.38. The summed E-state index contributed by atoms with van der Waals surface area (Å²) in [5, 5.41) is 9.51. The van der Waals surface area contributed by atoms with Crippen molar-refractivity contribution in [1.82, 2.24) is 20.1 Å². The molecule has 0 spiro atoms. The maximum Gasteiger partial charge on any atom is 0.573 e. The van der Waals surface area contributed by atoms with Crippen LogP contribution in [0.25, 0.3) is 5.82 Å². The zero-order valence-electron chi connectivity index (χ0n) is 15.2. The predicted molar refractivity (Wildman–Crippen MR) is 126 cm³/mol. The van der Waals surface area contributed by atoms with Gasteiger partial charge in [-0.1, -0.05) is 11.6 Å². The molecule has 7 nitrogen and oxygen atoms in total. The van der Waals surface area contributed by atoms with Gasteiger partial charge in [0.2, 0.25) is 0 Å². The van der Waals surface area contributed by atoms with Gasteiger partial charge in [0.1, 0.15) is 16.0 Å². The first-order chi connectivity index (χ1) is 14.9. The fourth-order valence-corrected chi connectivity index (χ4v) is 4.50. The molecule has 0 bridgehead atoms. The standard InChI is InChI=1S/C17H8Br3ClF3N5O2S/c18-8-4-7(31-17(22,23)24)5-9(19)13(8)26-16(32)27-15(30)11-6-12(20)28-29(11)14-10(21)2-1-3-25-14/h1-6H,(H2,26,27,30,32). The average molecular weight is 679 g/mol. The van der Waals surface area contributed by atoms with E-state index in [1.54, 1.807) is 12.1 Å². The lowest BCUT2D eigenvalue weighted by molar-refractivity contribution is -0.274. The monoisotopic (exact) mass is 675 g/mol. The number of anilines is 1. The highest BCUT2D eigenvalue weighted by Gasteiger charge is 2.31. The largest absolute Gasteiger partial charge is 0.573 e. The number of thiocarbonyl (C=S) groups is 1. The number of nitrogens with one attached hydrogen (secondary N) is 2. The van der Waals surface area contributed by atoms with E-state index in [1.165, 1.54) is 16.9 Å². The first-order valence-corrected chi connectivity index (χ1v) is 11.3. The minimum atomic E-state index is -4.84. The summed E-state index contributed by atoms with van der Waals surface area (Å²) in [6.45, 7) is 0. The van der Waals surface area contributed by atoms with Crippen LogP contribution in [0.4, 0.5) is 18.9 Å². The fraction of sp³-hybridized carbons (Fsp3) is 0.0588. The molecule has 3 rings (SSSR count). The van der Waals surface area contributed by atoms with Crippen LogP contribution in [-0.4, -0.2) is 32.1 Å². The molecule has 0 saturated carbocycles. The highest BCUT2D eigenvalue weighted by atomic mass is 79.9. The molecule has 15 heteroatoms. The molecule has 0 aliphatic rings. The van der Waals surface area contributed by atoms with Crippen molar-refractivity contribution in [2.75, 3.05) is 5.32 Å². The van der Waals surface area contributed by atoms with Crippen molar-refractivity contribution in [1.29, 1.82) is 0 Å². The van der Waals surface area contributed by atoms with Crippen LogP contribution >= 0.6 is 71.6 Å². The van der Waals surface area contributed by atoms with Crippen molar-refractivity contribution in [3.63, 3.8) is 0 Å². The Kier molecular flexibility index (Phi) is 7.81. The first-order valence-electron chi connectivity index (χ1n) is 8.18. The summed E-state index contributed by atoms with van der Waals surface area (Å²) in [4.78, 5) is 16.9. The number of aromatic nitrogens is 3. The van der Waals surface area contributed by atoms with Crippen molar-refractivity contribution in [3.05, 3.63) is 60.8 Å². The molecule has 0 aliphatic carbocycles. The number of hydrogen-bond donors (Lipinski definition) is 2. The van der Waals surface area contributed by atoms with Crippen molar-refractivity contribution in [2.24, 2.45) is 0 Å². The van der Waals surface area contributed by atoms with Gasteiger partial charge in [0.05, 0.1) is 10.7 Å². The number of halogens is 7. The van der Waals surface area contributed by atoms with Crippen LogP contribution in [0.15, 0.2) is 50.1 Å². The summed E-state index contributed by atoms with van der Waals surface area (Å²) in [6.07, 6.45) is -3.35. The highest BCUT2D eigenvalue weighted by molar-refractivity contribution is 9.11. The molecule has 32 heavy (non-hydrogen) atoms. The van der Waals surface area contributed by atoms with Gasteiger partial charge in [-0.15, -0.1) is 13.2 Å². The van der Waals surface area contributed by atoms with E-state index in [4.69, 9.17) is 23.8 Å². The van der Waals surface area contributed by atoms with E-state index in [9.17, 15) is 18.0 Å². The molecule has 0 aliphatic heterocycles. The zero-order valence-corrected chi connectivity index (χ0v) is 21.5. The van der Waals surface area contributed by atoms with Gasteiger partial charge in [0.15, 0.2) is 10.9 Å². The number of carbonyl (C=O) groups is 1. The van der Waals surface area contributed by atoms with Gasteiger partial charge in [-0.2, -0.15) is 5.10 Å². The van der Waals surface area contributed by atoms with Gasteiger partial charge < -0.3 is 10.1 Å².